The molecule has 0 spiro atoms. The molecule has 0 bridgehead atoms. The summed E-state index contributed by atoms with van der Waals surface area (Å²) < 4.78 is 16.5. The quantitative estimate of drug-likeness (QED) is 0.773. The van der Waals surface area contributed by atoms with E-state index in [1.165, 1.54) is 0 Å². The highest BCUT2D eigenvalue weighted by Gasteiger charge is 2.12. The number of rotatable bonds is 8. The Hall–Kier alpha value is -1.42. The van der Waals surface area contributed by atoms with Gasteiger partial charge in [0.1, 0.15) is 5.75 Å². The summed E-state index contributed by atoms with van der Waals surface area (Å²) in [6.45, 7) is 5.79. The van der Waals surface area contributed by atoms with Crippen molar-refractivity contribution in [3.05, 3.63) is 17.7 Å². The smallest absolute Gasteiger partial charge is 0.164 e. The van der Waals surface area contributed by atoms with Crippen molar-refractivity contribution >= 4 is 0 Å². The average Bonchev–Trinajstić information content (AvgIpc) is 2.39. The van der Waals surface area contributed by atoms with Gasteiger partial charge in [0.25, 0.3) is 0 Å². The fourth-order valence-electron chi connectivity index (χ4n) is 1.80. The Morgan fingerprint density at radius 3 is 2.11 bits per heavy atom. The lowest BCUT2D eigenvalue weighted by molar-refractivity contribution is 0.285. The van der Waals surface area contributed by atoms with Crippen LogP contribution in [0.5, 0.6) is 17.2 Å². The molecule has 0 amide bonds. The highest BCUT2D eigenvalue weighted by atomic mass is 16.5. The minimum absolute atomic E-state index is 0.603. The standard InChI is InChI=1S/C14H23NO3/c1-4-17-13-9-11(7-6-8-15)12(16-3)10-14(13)18-5-2/h9-10H,4-8,15H2,1-3H3. The Labute approximate surface area is 109 Å². The molecule has 18 heavy (non-hydrogen) atoms. The summed E-state index contributed by atoms with van der Waals surface area (Å²) in [6.07, 6.45) is 1.81. The average molecular weight is 253 g/mol. The largest absolute Gasteiger partial charge is 0.496 e. The molecular weight excluding hydrogens is 230 g/mol. The van der Waals surface area contributed by atoms with Gasteiger partial charge in [0.05, 0.1) is 20.3 Å². The summed E-state index contributed by atoms with van der Waals surface area (Å²) in [5, 5.41) is 0. The molecule has 0 radical (unpaired) electrons. The van der Waals surface area contributed by atoms with Gasteiger partial charge in [-0.05, 0) is 44.9 Å². The first kappa shape index (κ1) is 14.6. The van der Waals surface area contributed by atoms with Crippen LogP contribution in [0.2, 0.25) is 0 Å². The van der Waals surface area contributed by atoms with Crippen molar-refractivity contribution in [1.82, 2.24) is 0 Å². The van der Waals surface area contributed by atoms with E-state index in [1.54, 1.807) is 7.11 Å². The van der Waals surface area contributed by atoms with E-state index in [4.69, 9.17) is 19.9 Å². The van der Waals surface area contributed by atoms with E-state index in [1.807, 2.05) is 26.0 Å². The molecule has 0 saturated carbocycles. The van der Waals surface area contributed by atoms with Gasteiger partial charge in [-0.25, -0.2) is 0 Å². The van der Waals surface area contributed by atoms with Crippen LogP contribution in [-0.4, -0.2) is 26.9 Å². The summed E-state index contributed by atoms with van der Waals surface area (Å²) in [6, 6.07) is 3.88. The number of hydrogen-bond donors (Lipinski definition) is 1. The van der Waals surface area contributed by atoms with Crippen LogP contribution in [0.3, 0.4) is 0 Å². The maximum atomic E-state index is 5.60. The molecule has 0 saturated heterocycles. The molecule has 0 aliphatic rings. The second-order valence-electron chi connectivity index (χ2n) is 3.87. The van der Waals surface area contributed by atoms with Crippen LogP contribution in [0.1, 0.15) is 25.8 Å². The van der Waals surface area contributed by atoms with Crippen molar-refractivity contribution < 1.29 is 14.2 Å². The van der Waals surface area contributed by atoms with Gasteiger partial charge in [-0.1, -0.05) is 0 Å². The van der Waals surface area contributed by atoms with Gasteiger partial charge in [0.15, 0.2) is 11.5 Å². The van der Waals surface area contributed by atoms with E-state index in [-0.39, 0.29) is 0 Å². The lowest BCUT2D eigenvalue weighted by atomic mass is 10.1. The normalized spacial score (nSPS) is 10.2. The molecule has 0 aliphatic heterocycles. The Morgan fingerprint density at radius 1 is 1.00 bits per heavy atom. The van der Waals surface area contributed by atoms with Crippen LogP contribution in [0, 0.1) is 0 Å². The molecule has 0 aliphatic carbocycles. The van der Waals surface area contributed by atoms with E-state index in [9.17, 15) is 0 Å². The maximum Gasteiger partial charge on any atom is 0.164 e. The Bertz CT molecular complexity index is 366. The highest BCUT2D eigenvalue weighted by Crippen LogP contribution is 2.35. The van der Waals surface area contributed by atoms with Crippen LogP contribution in [-0.2, 0) is 6.42 Å². The molecule has 1 aromatic carbocycles. The third kappa shape index (κ3) is 3.81. The third-order valence-corrected chi connectivity index (χ3v) is 2.60. The monoisotopic (exact) mass is 253 g/mol. The van der Waals surface area contributed by atoms with Crippen molar-refractivity contribution in [2.75, 3.05) is 26.9 Å². The topological polar surface area (TPSA) is 53.7 Å². The molecule has 0 heterocycles. The van der Waals surface area contributed by atoms with Crippen molar-refractivity contribution in [3.8, 4) is 17.2 Å². The van der Waals surface area contributed by atoms with Crippen LogP contribution >= 0.6 is 0 Å². The van der Waals surface area contributed by atoms with E-state index in [2.05, 4.69) is 0 Å². The molecule has 0 unspecified atom stereocenters. The molecule has 1 aromatic rings. The van der Waals surface area contributed by atoms with Crippen molar-refractivity contribution in [2.45, 2.75) is 26.7 Å². The second kappa shape index (κ2) is 7.82. The van der Waals surface area contributed by atoms with Crippen molar-refractivity contribution in [1.29, 1.82) is 0 Å². The van der Waals surface area contributed by atoms with E-state index in [0.29, 0.717) is 19.8 Å². The lowest BCUT2D eigenvalue weighted by Crippen LogP contribution is -2.04. The number of aryl methyl sites for hydroxylation is 1. The molecule has 0 atom stereocenters. The van der Waals surface area contributed by atoms with Crippen LogP contribution < -0.4 is 19.9 Å². The highest BCUT2D eigenvalue weighted by molar-refractivity contribution is 5.50. The second-order valence-corrected chi connectivity index (χ2v) is 3.87. The van der Waals surface area contributed by atoms with Crippen molar-refractivity contribution in [3.63, 3.8) is 0 Å². The van der Waals surface area contributed by atoms with Crippen LogP contribution in [0.4, 0.5) is 0 Å². The predicted octanol–water partition coefficient (Wildman–Crippen LogP) is 2.38. The minimum Gasteiger partial charge on any atom is -0.496 e. The first-order chi connectivity index (χ1) is 8.76. The summed E-state index contributed by atoms with van der Waals surface area (Å²) in [5.41, 5.74) is 6.65. The van der Waals surface area contributed by atoms with Gasteiger partial charge >= 0.3 is 0 Å². The molecule has 4 nitrogen and oxygen atoms in total. The number of ether oxygens (including phenoxy) is 3. The van der Waals surface area contributed by atoms with Crippen LogP contribution in [0.15, 0.2) is 12.1 Å². The van der Waals surface area contributed by atoms with E-state index < -0.39 is 0 Å². The minimum atomic E-state index is 0.603. The van der Waals surface area contributed by atoms with Gasteiger partial charge < -0.3 is 19.9 Å². The Balaban J connectivity index is 3.05. The molecule has 1 rings (SSSR count). The van der Waals surface area contributed by atoms with Gasteiger partial charge in [-0.15, -0.1) is 0 Å². The zero-order valence-corrected chi connectivity index (χ0v) is 11.5. The number of hydrogen-bond acceptors (Lipinski definition) is 4. The van der Waals surface area contributed by atoms with Gasteiger partial charge in [-0.3, -0.25) is 0 Å². The van der Waals surface area contributed by atoms with Gasteiger partial charge in [-0.2, -0.15) is 0 Å². The first-order valence-electron chi connectivity index (χ1n) is 6.43. The fourth-order valence-corrected chi connectivity index (χ4v) is 1.80. The van der Waals surface area contributed by atoms with Gasteiger partial charge in [0, 0.05) is 6.07 Å². The number of methoxy groups -OCH3 is 1. The maximum absolute atomic E-state index is 5.60. The molecule has 0 fully saturated rings. The Kier molecular flexibility index (Phi) is 6.36. The zero-order valence-electron chi connectivity index (χ0n) is 11.5. The summed E-state index contributed by atoms with van der Waals surface area (Å²) in [5.74, 6) is 2.33. The first-order valence-corrected chi connectivity index (χ1v) is 6.43. The van der Waals surface area contributed by atoms with Crippen LogP contribution in [0.25, 0.3) is 0 Å². The molecule has 0 aromatic heterocycles. The number of nitrogens with two attached hydrogens (primary N) is 1. The predicted molar refractivity (Wildman–Crippen MR) is 72.7 cm³/mol. The third-order valence-electron chi connectivity index (χ3n) is 2.60. The summed E-state index contributed by atoms with van der Waals surface area (Å²) >= 11 is 0. The Morgan fingerprint density at radius 2 is 1.61 bits per heavy atom. The van der Waals surface area contributed by atoms with Gasteiger partial charge in [0.2, 0.25) is 0 Å². The molecule has 102 valence electrons. The summed E-state index contributed by atoms with van der Waals surface area (Å²) in [4.78, 5) is 0. The molecule has 4 heteroatoms. The number of benzene rings is 1. The molecular formula is C14H23NO3. The van der Waals surface area contributed by atoms with Crippen molar-refractivity contribution in [2.24, 2.45) is 5.73 Å². The fraction of sp³-hybridized carbons (Fsp3) is 0.571. The van der Waals surface area contributed by atoms with E-state index >= 15 is 0 Å². The summed E-state index contributed by atoms with van der Waals surface area (Å²) in [7, 11) is 1.66. The lowest BCUT2D eigenvalue weighted by Gasteiger charge is -2.15. The SMILES string of the molecule is CCOc1cc(CCCN)c(OC)cc1OCC. The zero-order chi connectivity index (χ0) is 13.4. The van der Waals surface area contributed by atoms with E-state index in [0.717, 1.165) is 35.7 Å². The molecule has 2 N–H and O–H groups in total.